The van der Waals surface area contributed by atoms with E-state index in [9.17, 15) is 0 Å². The Morgan fingerprint density at radius 1 is 0.917 bits per heavy atom. The Morgan fingerprint density at radius 3 is 2.42 bits per heavy atom. The predicted octanol–water partition coefficient (Wildman–Crippen LogP) is 0.329. The van der Waals surface area contributed by atoms with Crippen molar-refractivity contribution in [2.75, 3.05) is 0 Å². The minimum Gasteiger partial charge on any atom is -0.261 e. The van der Waals surface area contributed by atoms with Crippen LogP contribution >= 0.6 is 0 Å². The third-order valence-corrected chi connectivity index (χ3v) is 1.36. The summed E-state index contributed by atoms with van der Waals surface area (Å²) in [6, 6.07) is 0. The second kappa shape index (κ2) is 3.00. The van der Waals surface area contributed by atoms with Gasteiger partial charge in [-0.3, -0.25) is 9.97 Å². The third-order valence-electron chi connectivity index (χ3n) is 1.36. The predicted molar refractivity (Wildman–Crippen MR) is 40.9 cm³/mol. The highest BCUT2D eigenvalue weighted by molar-refractivity contribution is 5.54. The molecule has 0 saturated heterocycles. The van der Waals surface area contributed by atoms with Gasteiger partial charge in [-0.05, 0) is 5.21 Å². The largest absolute Gasteiger partial charge is 0.261 e. The van der Waals surface area contributed by atoms with Crippen LogP contribution in [0.4, 0.5) is 0 Å². The summed E-state index contributed by atoms with van der Waals surface area (Å²) in [5.41, 5.74) is 1.57. The molecule has 2 rings (SSSR count). The maximum atomic E-state index is 4.08. The van der Waals surface area contributed by atoms with Crippen molar-refractivity contribution in [1.82, 2.24) is 25.4 Å². The van der Waals surface area contributed by atoms with Gasteiger partial charge < -0.3 is 0 Å². The minimum atomic E-state index is 0.750. The lowest BCUT2D eigenvalue weighted by Crippen LogP contribution is -1.89. The molecule has 0 unspecified atom stereocenters. The van der Waals surface area contributed by atoms with Crippen LogP contribution in [0.25, 0.3) is 11.3 Å². The molecule has 2 heterocycles. The Labute approximate surface area is 68.5 Å². The normalized spacial score (nSPS) is 9.67. The van der Waals surface area contributed by atoms with Gasteiger partial charge >= 0.3 is 0 Å². The van der Waals surface area contributed by atoms with Crippen molar-refractivity contribution in [2.45, 2.75) is 0 Å². The van der Waals surface area contributed by atoms with Crippen LogP contribution in [0, 0.1) is 0 Å². The molecular weight excluding hydrogens is 154 g/mol. The quantitative estimate of drug-likeness (QED) is 0.599. The van der Waals surface area contributed by atoms with E-state index >= 15 is 0 Å². The molecule has 0 bridgehead atoms. The van der Waals surface area contributed by atoms with Crippen molar-refractivity contribution in [1.29, 1.82) is 0 Å². The molecule has 0 atom stereocenters. The number of hydrogen-bond donors (Lipinski definition) is 0. The first-order valence-electron chi connectivity index (χ1n) is 3.36. The number of hydrogen-bond acceptors (Lipinski definition) is 5. The molecule has 0 radical (unpaired) electrons. The molecule has 0 spiro atoms. The smallest absolute Gasteiger partial charge is 0.0917 e. The molecule has 0 aliphatic carbocycles. The first kappa shape index (κ1) is 6.78. The Kier molecular flexibility index (Phi) is 1.69. The van der Waals surface area contributed by atoms with Crippen LogP contribution in [0.1, 0.15) is 0 Å². The van der Waals surface area contributed by atoms with E-state index in [0.717, 1.165) is 11.3 Å². The van der Waals surface area contributed by atoms with Crippen LogP contribution in [0.15, 0.2) is 31.0 Å². The summed E-state index contributed by atoms with van der Waals surface area (Å²) in [5, 5.41) is 10.7. The topological polar surface area (TPSA) is 64.5 Å². The van der Waals surface area contributed by atoms with Crippen molar-refractivity contribution in [3.05, 3.63) is 31.0 Å². The summed E-state index contributed by atoms with van der Waals surface area (Å²) in [6.45, 7) is 0. The van der Waals surface area contributed by atoms with E-state index in [0.29, 0.717) is 0 Å². The van der Waals surface area contributed by atoms with E-state index in [4.69, 9.17) is 0 Å². The van der Waals surface area contributed by atoms with Gasteiger partial charge in [-0.2, -0.15) is 0 Å². The van der Waals surface area contributed by atoms with Gasteiger partial charge in [0.25, 0.3) is 0 Å². The third kappa shape index (κ3) is 1.24. The van der Waals surface area contributed by atoms with Crippen molar-refractivity contribution >= 4 is 0 Å². The minimum absolute atomic E-state index is 0.750. The molecule has 12 heavy (non-hydrogen) atoms. The molecular formula is C7H5N5. The van der Waals surface area contributed by atoms with Crippen molar-refractivity contribution in [3.8, 4) is 11.3 Å². The molecule has 0 fully saturated rings. The molecule has 58 valence electrons. The van der Waals surface area contributed by atoms with Crippen LogP contribution in [-0.4, -0.2) is 25.4 Å². The second-order valence-electron chi connectivity index (χ2n) is 2.12. The van der Waals surface area contributed by atoms with Crippen LogP contribution in [0.5, 0.6) is 0 Å². The van der Waals surface area contributed by atoms with Crippen LogP contribution in [-0.2, 0) is 0 Å². The Balaban J connectivity index is 2.46. The summed E-state index contributed by atoms with van der Waals surface area (Å²) < 4.78 is 0. The van der Waals surface area contributed by atoms with E-state index in [2.05, 4.69) is 25.4 Å². The van der Waals surface area contributed by atoms with E-state index < -0.39 is 0 Å². The lowest BCUT2D eigenvalue weighted by molar-refractivity contribution is 0.865. The summed E-state index contributed by atoms with van der Waals surface area (Å²) in [6.07, 6.45) is 8.08. The fourth-order valence-corrected chi connectivity index (χ4v) is 0.820. The van der Waals surface area contributed by atoms with Gasteiger partial charge in [-0.15, -0.1) is 10.2 Å². The van der Waals surface area contributed by atoms with Crippen LogP contribution < -0.4 is 0 Å². The summed E-state index contributed by atoms with van der Waals surface area (Å²) in [5.74, 6) is 0. The SMILES string of the molecule is c1cnc(-c2cnnnc2)cn1. The Hall–Kier alpha value is -1.91. The molecule has 5 nitrogen and oxygen atoms in total. The maximum Gasteiger partial charge on any atom is 0.0917 e. The Morgan fingerprint density at radius 2 is 1.75 bits per heavy atom. The summed E-state index contributed by atoms with van der Waals surface area (Å²) in [4.78, 5) is 8.00. The molecule has 0 aliphatic rings. The lowest BCUT2D eigenvalue weighted by atomic mass is 10.3. The first-order chi connectivity index (χ1) is 5.97. The van der Waals surface area contributed by atoms with Crippen molar-refractivity contribution in [2.24, 2.45) is 0 Å². The van der Waals surface area contributed by atoms with Gasteiger partial charge in [0.05, 0.1) is 24.3 Å². The zero-order valence-electron chi connectivity index (χ0n) is 6.12. The highest BCUT2D eigenvalue weighted by Crippen LogP contribution is 2.09. The maximum absolute atomic E-state index is 4.08. The monoisotopic (exact) mass is 159 g/mol. The fraction of sp³-hybridized carbons (Fsp3) is 0. The standard InChI is InChI=1S/C7H5N5/c1-2-9-7(5-8-1)6-3-10-12-11-4-6/h1-5H. The highest BCUT2D eigenvalue weighted by Gasteiger charge is 1.97. The number of aromatic nitrogens is 5. The molecule has 0 aromatic carbocycles. The van der Waals surface area contributed by atoms with Gasteiger partial charge in [0.2, 0.25) is 0 Å². The van der Waals surface area contributed by atoms with Crippen LogP contribution in [0.3, 0.4) is 0 Å². The van der Waals surface area contributed by atoms with Gasteiger partial charge in [-0.25, -0.2) is 0 Å². The zero-order valence-corrected chi connectivity index (χ0v) is 6.12. The average Bonchev–Trinajstić information content (AvgIpc) is 2.21. The molecule has 0 N–H and O–H groups in total. The highest BCUT2D eigenvalue weighted by atomic mass is 15.3. The zero-order chi connectivity index (χ0) is 8.23. The molecule has 0 aliphatic heterocycles. The van der Waals surface area contributed by atoms with Gasteiger partial charge in [0.1, 0.15) is 0 Å². The van der Waals surface area contributed by atoms with Gasteiger partial charge in [-0.1, -0.05) is 0 Å². The number of nitrogens with zero attached hydrogens (tertiary/aromatic N) is 5. The van der Waals surface area contributed by atoms with Crippen LogP contribution in [0.2, 0.25) is 0 Å². The van der Waals surface area contributed by atoms with E-state index in [1.54, 1.807) is 31.0 Å². The van der Waals surface area contributed by atoms with Gasteiger partial charge in [0, 0.05) is 18.0 Å². The van der Waals surface area contributed by atoms with Crippen molar-refractivity contribution < 1.29 is 0 Å². The average molecular weight is 159 g/mol. The van der Waals surface area contributed by atoms with E-state index in [1.807, 2.05) is 0 Å². The van der Waals surface area contributed by atoms with E-state index in [-0.39, 0.29) is 0 Å². The molecule has 2 aromatic rings. The summed E-state index contributed by atoms with van der Waals surface area (Å²) in [7, 11) is 0. The molecule has 2 aromatic heterocycles. The molecule has 0 saturated carbocycles. The van der Waals surface area contributed by atoms with Gasteiger partial charge in [0.15, 0.2) is 0 Å². The Bertz CT molecular complexity index is 309. The van der Waals surface area contributed by atoms with E-state index in [1.165, 1.54) is 0 Å². The number of rotatable bonds is 1. The second-order valence-corrected chi connectivity index (χ2v) is 2.12. The molecule has 0 amide bonds. The lowest BCUT2D eigenvalue weighted by Gasteiger charge is -1.94. The first-order valence-corrected chi connectivity index (χ1v) is 3.36. The van der Waals surface area contributed by atoms with Crippen molar-refractivity contribution in [3.63, 3.8) is 0 Å². The fourth-order valence-electron chi connectivity index (χ4n) is 0.820. The molecule has 5 heteroatoms. The summed E-state index contributed by atoms with van der Waals surface area (Å²) >= 11 is 0.